The molecule has 2 rings (SSSR count). The topological polar surface area (TPSA) is 63.2 Å². The predicted molar refractivity (Wildman–Crippen MR) is 84.6 cm³/mol. The van der Waals surface area contributed by atoms with Crippen molar-refractivity contribution in [2.45, 2.75) is 0 Å². The summed E-state index contributed by atoms with van der Waals surface area (Å²) in [6.45, 7) is 0. The molecule has 0 amide bonds. The minimum absolute atomic E-state index is 0.0927. The second-order valence-electron chi connectivity index (χ2n) is 4.81. The second kappa shape index (κ2) is 6.70. The lowest BCUT2D eigenvalue weighted by Crippen LogP contribution is -2.09. The lowest BCUT2D eigenvalue weighted by Gasteiger charge is -2.04. The van der Waals surface area contributed by atoms with Gasteiger partial charge >= 0.3 is 0 Å². The van der Waals surface area contributed by atoms with E-state index in [1.165, 1.54) is 36.4 Å². The molecule has 120 valence electrons. The fraction of sp³-hybridized carbons (Fsp3) is 0.0625. The number of anilines is 1. The van der Waals surface area contributed by atoms with Crippen LogP contribution in [0.3, 0.4) is 0 Å². The van der Waals surface area contributed by atoms with Gasteiger partial charge in [0, 0.05) is 22.9 Å². The van der Waals surface area contributed by atoms with Gasteiger partial charge in [-0.05, 0) is 48.6 Å². The summed E-state index contributed by atoms with van der Waals surface area (Å²) in [6, 6.07) is 8.84. The number of nitrogens with one attached hydrogen (secondary N) is 1. The molecule has 2 aromatic carbocycles. The Labute approximate surface area is 132 Å². The monoisotopic (exact) mass is 337 g/mol. The quantitative estimate of drug-likeness (QED) is 0.673. The Morgan fingerprint density at radius 1 is 1.09 bits per heavy atom. The van der Waals surface area contributed by atoms with Crippen molar-refractivity contribution in [1.82, 2.24) is 0 Å². The molecule has 4 nitrogen and oxygen atoms in total. The molecule has 0 bridgehead atoms. The lowest BCUT2D eigenvalue weighted by atomic mass is 10.1. The van der Waals surface area contributed by atoms with Gasteiger partial charge in [-0.1, -0.05) is 0 Å². The zero-order chi connectivity index (χ0) is 17.0. The van der Waals surface area contributed by atoms with E-state index in [1.807, 2.05) is 0 Å². The first kappa shape index (κ1) is 16.8. The number of carbonyl (C=O) groups excluding carboxylic acids is 1. The van der Waals surface area contributed by atoms with E-state index in [0.29, 0.717) is 11.3 Å². The molecule has 7 heteroatoms. The summed E-state index contributed by atoms with van der Waals surface area (Å²) in [5.41, 5.74) is 0.732. The Balaban J connectivity index is 2.13. The van der Waals surface area contributed by atoms with Gasteiger partial charge in [0.15, 0.2) is 5.78 Å². The minimum atomic E-state index is -3.39. The van der Waals surface area contributed by atoms with E-state index in [0.717, 1.165) is 24.5 Å². The summed E-state index contributed by atoms with van der Waals surface area (Å²) in [7, 11) is -3.39. The van der Waals surface area contributed by atoms with Crippen molar-refractivity contribution in [1.29, 1.82) is 0 Å². The van der Waals surface area contributed by atoms with E-state index in [9.17, 15) is 22.0 Å². The van der Waals surface area contributed by atoms with Crippen LogP contribution in [0.1, 0.15) is 15.9 Å². The molecule has 0 saturated carbocycles. The maximum absolute atomic E-state index is 13.4. The van der Waals surface area contributed by atoms with Gasteiger partial charge < -0.3 is 0 Å². The van der Waals surface area contributed by atoms with Gasteiger partial charge in [0.2, 0.25) is 10.0 Å². The Bertz CT molecular complexity index is 859. The average molecular weight is 337 g/mol. The third-order valence-electron chi connectivity index (χ3n) is 2.85. The molecule has 0 saturated heterocycles. The zero-order valence-electron chi connectivity index (χ0n) is 12.1. The standard InChI is InChI=1S/C16H13F2NO3S/c1-23(21,22)19-14-7-3-12(4-8-14)16(20)9-5-11-2-6-13(17)10-15(11)18/h2-10,19H,1H3. The van der Waals surface area contributed by atoms with Crippen LogP contribution in [0.4, 0.5) is 14.5 Å². The van der Waals surface area contributed by atoms with Crippen LogP contribution in [0.25, 0.3) is 6.08 Å². The molecule has 1 N–H and O–H groups in total. The molecule has 2 aromatic rings. The average Bonchev–Trinajstić information content (AvgIpc) is 2.45. The first-order valence-corrected chi connectivity index (χ1v) is 8.39. The highest BCUT2D eigenvalue weighted by molar-refractivity contribution is 7.92. The zero-order valence-corrected chi connectivity index (χ0v) is 12.9. The van der Waals surface area contributed by atoms with Crippen molar-refractivity contribution in [3.8, 4) is 0 Å². The van der Waals surface area contributed by atoms with E-state index in [1.54, 1.807) is 0 Å². The third-order valence-corrected chi connectivity index (χ3v) is 3.46. The largest absolute Gasteiger partial charge is 0.289 e. The molecule has 0 aliphatic rings. The second-order valence-corrected chi connectivity index (χ2v) is 6.56. The smallest absolute Gasteiger partial charge is 0.229 e. The van der Waals surface area contributed by atoms with Crippen molar-refractivity contribution < 1.29 is 22.0 Å². The Morgan fingerprint density at radius 2 is 1.74 bits per heavy atom. The number of carbonyl (C=O) groups is 1. The van der Waals surface area contributed by atoms with Gasteiger partial charge in [0.1, 0.15) is 11.6 Å². The van der Waals surface area contributed by atoms with Gasteiger partial charge in [-0.15, -0.1) is 0 Å². The van der Waals surface area contributed by atoms with E-state index < -0.39 is 21.7 Å². The molecule has 0 atom stereocenters. The third kappa shape index (κ3) is 5.00. The maximum Gasteiger partial charge on any atom is 0.229 e. The molecule has 0 aliphatic heterocycles. The highest BCUT2D eigenvalue weighted by Crippen LogP contribution is 2.14. The first-order valence-electron chi connectivity index (χ1n) is 6.50. The molecular formula is C16H13F2NO3S. The molecule has 0 aliphatic carbocycles. The van der Waals surface area contributed by atoms with Gasteiger partial charge in [0.25, 0.3) is 0 Å². The number of benzene rings is 2. The van der Waals surface area contributed by atoms with Crippen LogP contribution in [0, 0.1) is 11.6 Å². The molecule has 0 heterocycles. The Morgan fingerprint density at radius 3 is 2.30 bits per heavy atom. The molecule has 23 heavy (non-hydrogen) atoms. The summed E-state index contributed by atoms with van der Waals surface area (Å²) in [5, 5.41) is 0. The van der Waals surface area contributed by atoms with E-state index in [4.69, 9.17) is 0 Å². The number of hydrogen-bond donors (Lipinski definition) is 1. The van der Waals surface area contributed by atoms with Crippen LogP contribution in [-0.2, 0) is 10.0 Å². The van der Waals surface area contributed by atoms with E-state index >= 15 is 0 Å². The fourth-order valence-electron chi connectivity index (χ4n) is 1.81. The first-order chi connectivity index (χ1) is 10.7. The molecule has 0 unspecified atom stereocenters. The van der Waals surface area contributed by atoms with Crippen LogP contribution < -0.4 is 4.72 Å². The van der Waals surface area contributed by atoms with Gasteiger partial charge in [-0.25, -0.2) is 17.2 Å². The van der Waals surface area contributed by atoms with Crippen molar-refractivity contribution >= 4 is 27.6 Å². The van der Waals surface area contributed by atoms with Gasteiger partial charge in [-0.3, -0.25) is 9.52 Å². The van der Waals surface area contributed by atoms with Crippen LogP contribution in [0.15, 0.2) is 48.5 Å². The normalized spacial score (nSPS) is 11.6. The van der Waals surface area contributed by atoms with Gasteiger partial charge in [-0.2, -0.15) is 0 Å². The van der Waals surface area contributed by atoms with Crippen molar-refractivity contribution in [2.75, 3.05) is 11.0 Å². The summed E-state index contributed by atoms with van der Waals surface area (Å²) in [6.07, 6.45) is 3.43. The number of halogens is 2. The van der Waals surface area contributed by atoms with Crippen LogP contribution in [-0.4, -0.2) is 20.5 Å². The molecule has 0 fully saturated rings. The highest BCUT2D eigenvalue weighted by atomic mass is 32.2. The molecule has 0 radical (unpaired) electrons. The maximum atomic E-state index is 13.4. The van der Waals surface area contributed by atoms with E-state index in [2.05, 4.69) is 4.72 Å². The number of ketones is 1. The number of allylic oxidation sites excluding steroid dienone is 1. The molecule has 0 aromatic heterocycles. The summed E-state index contributed by atoms with van der Waals surface area (Å²) in [4.78, 5) is 12.0. The number of sulfonamides is 1. The van der Waals surface area contributed by atoms with Crippen LogP contribution >= 0.6 is 0 Å². The summed E-state index contributed by atoms with van der Waals surface area (Å²) in [5.74, 6) is -1.85. The van der Waals surface area contributed by atoms with Crippen molar-refractivity contribution in [3.63, 3.8) is 0 Å². The van der Waals surface area contributed by atoms with Gasteiger partial charge in [0.05, 0.1) is 6.26 Å². The molecular weight excluding hydrogens is 324 g/mol. The van der Waals surface area contributed by atoms with Crippen molar-refractivity contribution in [2.24, 2.45) is 0 Å². The fourth-order valence-corrected chi connectivity index (χ4v) is 2.38. The Hall–Kier alpha value is -2.54. The lowest BCUT2D eigenvalue weighted by molar-refractivity contribution is 0.104. The van der Waals surface area contributed by atoms with Crippen LogP contribution in [0.2, 0.25) is 0 Å². The highest BCUT2D eigenvalue weighted by Gasteiger charge is 2.06. The number of rotatable bonds is 5. The predicted octanol–water partition coefficient (Wildman–Crippen LogP) is 3.23. The molecule has 0 spiro atoms. The SMILES string of the molecule is CS(=O)(=O)Nc1ccc(C(=O)C=Cc2ccc(F)cc2F)cc1. The minimum Gasteiger partial charge on any atom is -0.289 e. The van der Waals surface area contributed by atoms with E-state index in [-0.39, 0.29) is 11.3 Å². The van der Waals surface area contributed by atoms with Crippen LogP contribution in [0.5, 0.6) is 0 Å². The van der Waals surface area contributed by atoms with Crippen molar-refractivity contribution in [3.05, 3.63) is 71.3 Å². The number of hydrogen-bond acceptors (Lipinski definition) is 3. The Kier molecular flexibility index (Phi) is 4.90. The summed E-state index contributed by atoms with van der Waals surface area (Å²) < 4.78 is 50.7. The summed E-state index contributed by atoms with van der Waals surface area (Å²) >= 11 is 0.